The van der Waals surface area contributed by atoms with Gasteiger partial charge in [-0.05, 0) is 12.3 Å². The Balaban J connectivity index is 2.05. The summed E-state index contributed by atoms with van der Waals surface area (Å²) in [6.07, 6.45) is 0.447. The summed E-state index contributed by atoms with van der Waals surface area (Å²) in [4.78, 5) is 26.6. The molecular formula is C15H24N4O2S. The van der Waals surface area contributed by atoms with E-state index in [0.29, 0.717) is 23.9 Å². The highest BCUT2D eigenvalue weighted by atomic mass is 32.2. The summed E-state index contributed by atoms with van der Waals surface area (Å²) in [5.41, 5.74) is 0.768. The maximum Gasteiger partial charge on any atom is 0.249 e. The molecule has 0 aliphatic carbocycles. The van der Waals surface area contributed by atoms with Crippen LogP contribution in [0.15, 0.2) is 6.07 Å². The topological polar surface area (TPSA) is 67.2 Å². The zero-order valence-electron chi connectivity index (χ0n) is 13.8. The lowest BCUT2D eigenvalue weighted by Crippen LogP contribution is -2.45. The Bertz CT molecular complexity index is 577. The highest BCUT2D eigenvalue weighted by Crippen LogP contribution is 2.27. The molecule has 1 aliphatic heterocycles. The van der Waals surface area contributed by atoms with Crippen LogP contribution in [0.25, 0.3) is 0 Å². The zero-order chi connectivity index (χ0) is 16.5. The van der Waals surface area contributed by atoms with Crippen LogP contribution < -0.4 is 5.32 Å². The minimum Gasteiger partial charge on any atom is -0.321 e. The fourth-order valence-electron chi connectivity index (χ4n) is 2.40. The standard InChI is InChI=1S/C15H24N4O2S/c1-10-6-12(18(5)17-10)16-14(21)11-8-22-9-19(11)13(20)7-15(2,3)4/h6,11H,7-9H2,1-5H3,(H,16,21). The highest BCUT2D eigenvalue weighted by Gasteiger charge is 2.36. The molecule has 1 fully saturated rings. The number of carbonyl (C=O) groups is 2. The first-order chi connectivity index (χ1) is 10.2. The number of rotatable bonds is 3. The second kappa shape index (κ2) is 6.32. The molecule has 2 heterocycles. The monoisotopic (exact) mass is 324 g/mol. The molecule has 7 heteroatoms. The number of nitrogens with one attached hydrogen (secondary N) is 1. The van der Waals surface area contributed by atoms with Crippen molar-refractivity contribution in [2.24, 2.45) is 12.5 Å². The van der Waals surface area contributed by atoms with Crippen LogP contribution in [0.5, 0.6) is 0 Å². The van der Waals surface area contributed by atoms with E-state index in [1.54, 1.807) is 28.4 Å². The van der Waals surface area contributed by atoms with Gasteiger partial charge in [-0.1, -0.05) is 20.8 Å². The van der Waals surface area contributed by atoms with Crippen LogP contribution in [0.4, 0.5) is 5.82 Å². The Morgan fingerprint density at radius 3 is 2.68 bits per heavy atom. The van der Waals surface area contributed by atoms with Gasteiger partial charge >= 0.3 is 0 Å². The van der Waals surface area contributed by atoms with Crippen LogP contribution in [-0.2, 0) is 16.6 Å². The summed E-state index contributed by atoms with van der Waals surface area (Å²) < 4.78 is 1.64. The number of hydrogen-bond donors (Lipinski definition) is 1. The molecule has 1 atom stereocenters. The van der Waals surface area contributed by atoms with E-state index in [4.69, 9.17) is 0 Å². The van der Waals surface area contributed by atoms with Gasteiger partial charge in [0.25, 0.3) is 0 Å². The largest absolute Gasteiger partial charge is 0.321 e. The normalized spacial score (nSPS) is 18.6. The molecule has 1 unspecified atom stereocenters. The summed E-state index contributed by atoms with van der Waals surface area (Å²) in [6.45, 7) is 7.96. The quantitative estimate of drug-likeness (QED) is 0.923. The number of aryl methyl sites for hydroxylation is 2. The third-order valence-electron chi connectivity index (χ3n) is 3.44. The van der Waals surface area contributed by atoms with E-state index in [0.717, 1.165) is 5.69 Å². The molecule has 2 rings (SSSR count). The first kappa shape index (κ1) is 16.9. The van der Waals surface area contributed by atoms with Gasteiger partial charge < -0.3 is 10.2 Å². The Morgan fingerprint density at radius 1 is 1.45 bits per heavy atom. The van der Waals surface area contributed by atoms with Crippen LogP contribution in [-0.4, -0.2) is 44.2 Å². The lowest BCUT2D eigenvalue weighted by Gasteiger charge is -2.26. The molecule has 0 aromatic carbocycles. The molecule has 122 valence electrons. The van der Waals surface area contributed by atoms with Gasteiger partial charge in [-0.15, -0.1) is 11.8 Å². The molecule has 0 bridgehead atoms. The van der Waals surface area contributed by atoms with E-state index in [1.807, 2.05) is 33.8 Å². The van der Waals surface area contributed by atoms with E-state index in [-0.39, 0.29) is 17.2 Å². The van der Waals surface area contributed by atoms with Crippen molar-refractivity contribution in [1.82, 2.24) is 14.7 Å². The van der Waals surface area contributed by atoms with E-state index in [1.165, 1.54) is 0 Å². The van der Waals surface area contributed by atoms with Crippen molar-refractivity contribution >= 4 is 29.4 Å². The third kappa shape index (κ3) is 4.03. The van der Waals surface area contributed by atoms with E-state index in [2.05, 4.69) is 10.4 Å². The maximum absolute atomic E-state index is 12.5. The van der Waals surface area contributed by atoms with Crippen LogP contribution in [0, 0.1) is 12.3 Å². The Kier molecular flexibility index (Phi) is 4.84. The Morgan fingerprint density at radius 2 is 2.14 bits per heavy atom. The van der Waals surface area contributed by atoms with E-state index < -0.39 is 6.04 Å². The lowest BCUT2D eigenvalue weighted by atomic mass is 9.91. The van der Waals surface area contributed by atoms with Crippen LogP contribution >= 0.6 is 11.8 Å². The minimum absolute atomic E-state index is 0.0406. The van der Waals surface area contributed by atoms with Gasteiger partial charge in [-0.25, -0.2) is 0 Å². The molecule has 1 aliphatic rings. The summed E-state index contributed by atoms with van der Waals surface area (Å²) in [6, 6.07) is 1.41. The number of hydrogen-bond acceptors (Lipinski definition) is 4. The average molecular weight is 324 g/mol. The van der Waals surface area contributed by atoms with Gasteiger partial charge in [-0.3, -0.25) is 14.3 Å². The van der Waals surface area contributed by atoms with Gasteiger partial charge in [-0.2, -0.15) is 5.10 Å². The van der Waals surface area contributed by atoms with Gasteiger partial charge in [0, 0.05) is 25.3 Å². The second-order valence-electron chi connectivity index (χ2n) is 6.90. The van der Waals surface area contributed by atoms with E-state index in [9.17, 15) is 9.59 Å². The summed E-state index contributed by atoms with van der Waals surface area (Å²) >= 11 is 1.61. The van der Waals surface area contributed by atoms with Gasteiger partial charge in [0.15, 0.2) is 0 Å². The molecule has 0 radical (unpaired) electrons. The summed E-state index contributed by atoms with van der Waals surface area (Å²) in [5.74, 6) is 1.77. The maximum atomic E-state index is 12.5. The van der Waals surface area contributed by atoms with Crippen molar-refractivity contribution in [3.63, 3.8) is 0 Å². The number of amides is 2. The van der Waals surface area contributed by atoms with Crippen molar-refractivity contribution < 1.29 is 9.59 Å². The molecule has 1 N–H and O–H groups in total. The molecule has 22 heavy (non-hydrogen) atoms. The SMILES string of the molecule is Cc1cc(NC(=O)C2CSCN2C(=O)CC(C)(C)C)n(C)n1. The molecule has 1 saturated heterocycles. The smallest absolute Gasteiger partial charge is 0.249 e. The first-order valence-corrected chi connectivity index (χ1v) is 8.51. The van der Waals surface area contributed by atoms with Crippen LogP contribution in [0.2, 0.25) is 0 Å². The van der Waals surface area contributed by atoms with E-state index >= 15 is 0 Å². The number of anilines is 1. The number of aromatic nitrogens is 2. The van der Waals surface area contributed by atoms with Gasteiger partial charge in [0.1, 0.15) is 11.9 Å². The third-order valence-corrected chi connectivity index (χ3v) is 4.45. The number of nitrogens with zero attached hydrogens (tertiary/aromatic N) is 3. The average Bonchev–Trinajstić information content (AvgIpc) is 2.94. The zero-order valence-corrected chi connectivity index (χ0v) is 14.7. The fraction of sp³-hybridized carbons (Fsp3) is 0.667. The molecule has 1 aromatic rings. The van der Waals surface area contributed by atoms with Crippen molar-refractivity contribution in [3.05, 3.63) is 11.8 Å². The molecule has 2 amide bonds. The van der Waals surface area contributed by atoms with Gasteiger partial charge in [0.05, 0.1) is 11.6 Å². The predicted molar refractivity (Wildman–Crippen MR) is 88.6 cm³/mol. The van der Waals surface area contributed by atoms with Crippen molar-refractivity contribution in [2.75, 3.05) is 16.9 Å². The Labute approximate surface area is 135 Å². The minimum atomic E-state index is -0.407. The molecule has 0 saturated carbocycles. The summed E-state index contributed by atoms with van der Waals surface area (Å²) in [7, 11) is 1.79. The van der Waals surface area contributed by atoms with Crippen molar-refractivity contribution in [3.8, 4) is 0 Å². The molecule has 6 nitrogen and oxygen atoms in total. The van der Waals surface area contributed by atoms with Gasteiger partial charge in [0.2, 0.25) is 11.8 Å². The van der Waals surface area contributed by atoms with Crippen LogP contribution in [0.1, 0.15) is 32.9 Å². The summed E-state index contributed by atoms with van der Waals surface area (Å²) in [5, 5.41) is 7.08. The highest BCUT2D eigenvalue weighted by molar-refractivity contribution is 7.99. The van der Waals surface area contributed by atoms with Crippen molar-refractivity contribution in [2.45, 2.75) is 40.2 Å². The number of thioether (sulfide) groups is 1. The predicted octanol–water partition coefficient (Wildman–Crippen LogP) is 2.00. The molecule has 1 aromatic heterocycles. The lowest BCUT2D eigenvalue weighted by molar-refractivity contribution is -0.137. The van der Waals surface area contributed by atoms with Crippen LogP contribution in [0.3, 0.4) is 0 Å². The second-order valence-corrected chi connectivity index (χ2v) is 7.90. The molecule has 0 spiro atoms. The Hall–Kier alpha value is -1.50. The fourth-order valence-corrected chi connectivity index (χ4v) is 3.58. The number of carbonyl (C=O) groups excluding carboxylic acids is 2. The van der Waals surface area contributed by atoms with Crippen molar-refractivity contribution in [1.29, 1.82) is 0 Å². The first-order valence-electron chi connectivity index (χ1n) is 7.36. The molecular weight excluding hydrogens is 300 g/mol.